The molecule has 6 N–H and O–H groups in total. The van der Waals surface area contributed by atoms with Crippen molar-refractivity contribution in [2.24, 2.45) is 0 Å². The topological polar surface area (TPSA) is 405 Å². The van der Waals surface area contributed by atoms with Crippen molar-refractivity contribution in [2.45, 2.75) is 153 Å². The van der Waals surface area contributed by atoms with Crippen molar-refractivity contribution in [3.05, 3.63) is 198 Å². The first-order valence-electron chi connectivity index (χ1n) is 45.6. The first-order chi connectivity index (χ1) is 65.5. The van der Waals surface area contributed by atoms with Gasteiger partial charge >= 0.3 is 54.2 Å². The molecule has 0 bridgehead atoms. The minimum atomic E-state index is -1.67. The molecule has 8 heterocycles. The van der Waals surface area contributed by atoms with E-state index < -0.39 is 87.9 Å². The summed E-state index contributed by atoms with van der Waals surface area (Å²) in [5.41, 5.74) is 1.75. The second-order valence-corrected chi connectivity index (χ2v) is 38.9. The summed E-state index contributed by atoms with van der Waals surface area (Å²) >= 11 is 6.79. The fourth-order valence-electron chi connectivity index (χ4n) is 16.9. The average Bonchev–Trinajstić information content (AvgIpc) is 1.62. The predicted molar refractivity (Wildman–Crippen MR) is 515 cm³/mol. The van der Waals surface area contributed by atoms with Crippen molar-refractivity contribution in [1.29, 1.82) is 0 Å². The SMILES string of the molecule is CC(C)(C)OC(=O)N1CCCN(C(C(=O)O)c2ccc(Br)cc2)CC1.COC(=O)C(c1ccc(Br)cc1)N1CCCN(C(=O)OC(C)(C)C)CC1.COC(=O)C(c1ccc(C#C[C@]2(CN3Cc4ccc(OC)cc4C3=O)NC(=O)NC2=O)cc1)N1CCCN(C(=O)OC(C)(C)C)CC1.COC(=O)C(c1ccc(C#C[C@]2(CN3Cc4ccc(OC)cc4C3=O)NC(=O)NC2=O)cc1)N1CCCNCC1. The molecule has 38 heteroatoms. The van der Waals surface area contributed by atoms with Gasteiger partial charge in [-0.25, -0.2) is 38.4 Å². The standard InChI is InChI=1S/C34H39N5O8.C29H31N5O6.C19H27BrN2O4.C18H25BrN2O4/c1-33(2,3)47-32(44)38-16-6-15-37(17-18-38)27(29(41)46-5)23-9-7-22(8-10-23)13-14-34(30(42)35-31(43)36-34)21-39-20-24-11-12-25(45-4)19-26(24)28(39)40;1-39-22-9-8-21-17-34(25(35)23(21)16-22)18-29(27(37)31-28(38)32-29)11-10-19-4-6-20(7-5-19)24(26(36)40-2)33-14-3-12-30-13-15-33;1-19(2,3)26-18(24)22-11-5-10-21(12-13-22)16(17(23)25-4)14-6-8-15(20)9-7-14;1-18(2,3)25-17(24)21-10-4-9-20(11-12-21)15(16(22)23)13-5-7-14(19)8-6-13/h7-12,19,27H,6,15-18,20-21H2,1-5H3,(H2,35,36,42,43);4-9,16,24,30H,3,12-15,17-18H2,1-2H3,(H2,31,32,37,38);6-9,16H,5,10-13H2,1-4H3;5-8,15H,4,9-12H2,1-3H3,(H,22,23)/t27?,34-;24?,29-;;/m11../s1. The van der Waals surface area contributed by atoms with Crippen LogP contribution in [0.1, 0.15) is 177 Å². The molecule has 738 valence electrons. The van der Waals surface area contributed by atoms with Crippen LogP contribution < -0.4 is 36.1 Å². The van der Waals surface area contributed by atoms with Crippen molar-refractivity contribution in [3.8, 4) is 35.2 Å². The largest absolute Gasteiger partial charge is 0.497 e. The van der Waals surface area contributed by atoms with Crippen molar-refractivity contribution in [1.82, 2.24) is 70.7 Å². The molecule has 8 aliphatic rings. The molecule has 6 atom stereocenters. The van der Waals surface area contributed by atoms with Gasteiger partial charge in [0.25, 0.3) is 23.6 Å². The van der Waals surface area contributed by atoms with E-state index in [4.69, 9.17) is 37.9 Å². The van der Waals surface area contributed by atoms with Gasteiger partial charge in [0.1, 0.15) is 52.5 Å². The van der Waals surface area contributed by atoms with E-state index in [1.807, 2.05) is 139 Å². The van der Waals surface area contributed by atoms with Crippen LogP contribution in [0.2, 0.25) is 0 Å². The molecular formula is C100H122Br2N14O22. The summed E-state index contributed by atoms with van der Waals surface area (Å²) in [6.07, 6.45) is 2.00. The highest BCUT2D eigenvalue weighted by molar-refractivity contribution is 9.10. The summed E-state index contributed by atoms with van der Waals surface area (Å²) < 4.78 is 44.0. The van der Waals surface area contributed by atoms with Crippen molar-refractivity contribution in [3.63, 3.8) is 0 Å². The van der Waals surface area contributed by atoms with Gasteiger partial charge in [0.05, 0.1) is 48.6 Å². The molecule has 6 aromatic carbocycles. The Morgan fingerprint density at radius 1 is 0.399 bits per heavy atom. The number of aliphatic carboxylic acids is 1. The summed E-state index contributed by atoms with van der Waals surface area (Å²) in [4.78, 5) is 180. The number of urea groups is 2. The first kappa shape index (κ1) is 106. The minimum Gasteiger partial charge on any atom is -0.497 e. The van der Waals surface area contributed by atoms with Gasteiger partial charge in [-0.1, -0.05) is 116 Å². The van der Waals surface area contributed by atoms with E-state index in [1.165, 1.54) is 45.3 Å². The van der Waals surface area contributed by atoms with Crippen molar-refractivity contribution >= 4 is 110 Å². The lowest BCUT2D eigenvalue weighted by molar-refractivity contribution is -0.148. The molecular weight excluding hydrogens is 1910 g/mol. The van der Waals surface area contributed by atoms with Crippen LogP contribution in [0.15, 0.2) is 142 Å². The van der Waals surface area contributed by atoms with Gasteiger partial charge in [-0.3, -0.25) is 54.2 Å². The Bertz CT molecular complexity index is 5570. The number of carboxylic acids is 1. The third kappa shape index (κ3) is 28.1. The van der Waals surface area contributed by atoms with Crippen molar-refractivity contribution < 1.29 is 105 Å². The predicted octanol–water partition coefficient (Wildman–Crippen LogP) is 10.4. The number of nitrogens with one attached hydrogen (secondary N) is 5. The number of rotatable bonds is 18. The Balaban J connectivity index is 0.000000183. The molecule has 0 radical (unpaired) electrons. The molecule has 6 aromatic rings. The molecule has 0 saturated carbocycles. The van der Waals surface area contributed by atoms with Crippen LogP contribution in [0.5, 0.6) is 11.5 Å². The van der Waals surface area contributed by atoms with Crippen LogP contribution >= 0.6 is 31.9 Å². The van der Waals surface area contributed by atoms with Gasteiger partial charge in [0.15, 0.2) is 0 Å². The number of amides is 11. The molecule has 4 unspecified atom stereocenters. The number of hydrogen-bond acceptors (Lipinski definition) is 26. The number of nitrogens with zero attached hydrogens (tertiary/aromatic N) is 9. The maximum atomic E-state index is 13.2. The number of fused-ring (bicyclic) bond motifs is 2. The second kappa shape index (κ2) is 47.1. The third-order valence-corrected chi connectivity index (χ3v) is 24.7. The molecule has 0 aliphatic carbocycles. The average molecular weight is 2030 g/mol. The molecule has 14 rings (SSSR count). The molecule has 6 saturated heterocycles. The quantitative estimate of drug-likeness (QED) is 0.0201. The number of hydrogen-bond donors (Lipinski definition) is 6. The number of carboxylic acid groups (broad SMARTS) is 1. The number of methoxy groups -OCH3 is 5. The van der Waals surface area contributed by atoms with E-state index in [-0.39, 0.29) is 68.2 Å². The van der Waals surface area contributed by atoms with Crippen LogP contribution in [0.4, 0.5) is 24.0 Å². The molecule has 138 heavy (non-hydrogen) atoms. The first-order valence-corrected chi connectivity index (χ1v) is 47.2. The molecule has 11 amide bonds. The minimum absolute atomic E-state index is 0.126. The Kier molecular flexibility index (Phi) is 36.1. The van der Waals surface area contributed by atoms with E-state index in [9.17, 15) is 67.4 Å². The van der Waals surface area contributed by atoms with Gasteiger partial charge in [0, 0.05) is 142 Å². The van der Waals surface area contributed by atoms with Crippen molar-refractivity contribution in [2.75, 3.05) is 153 Å². The number of imide groups is 2. The van der Waals surface area contributed by atoms with Crippen LogP contribution in [-0.2, 0) is 70.3 Å². The van der Waals surface area contributed by atoms with E-state index in [0.29, 0.717) is 137 Å². The number of ether oxygens (including phenoxy) is 8. The van der Waals surface area contributed by atoms with Gasteiger partial charge in [-0.2, -0.15) is 0 Å². The summed E-state index contributed by atoms with van der Waals surface area (Å²) in [5, 5.41) is 22.8. The number of carbonyl (C=O) groups excluding carboxylic acids is 12. The van der Waals surface area contributed by atoms with E-state index in [0.717, 1.165) is 69.2 Å². The summed E-state index contributed by atoms with van der Waals surface area (Å²) in [5.74, 6) is 9.09. The summed E-state index contributed by atoms with van der Waals surface area (Å²) in [7, 11) is 7.15. The summed E-state index contributed by atoms with van der Waals surface area (Å²) in [6, 6.07) is 35.7. The molecule has 36 nitrogen and oxygen atoms in total. The highest BCUT2D eigenvalue weighted by atomic mass is 79.9. The van der Waals surface area contributed by atoms with Gasteiger partial charge in [0.2, 0.25) is 11.1 Å². The highest BCUT2D eigenvalue weighted by Gasteiger charge is 2.51. The maximum absolute atomic E-state index is 13.2. The monoisotopic (exact) mass is 2030 g/mol. The third-order valence-electron chi connectivity index (χ3n) is 23.7. The maximum Gasteiger partial charge on any atom is 0.410 e. The number of benzene rings is 6. The zero-order valence-corrected chi connectivity index (χ0v) is 83.5. The van der Waals surface area contributed by atoms with Crippen LogP contribution in [-0.4, -0.2) is 308 Å². The van der Waals surface area contributed by atoms with Gasteiger partial charge in [-0.05, 0) is 201 Å². The number of halogens is 2. The van der Waals surface area contributed by atoms with Crippen LogP contribution in [0.25, 0.3) is 0 Å². The fraction of sp³-hybridized carbons (Fsp3) is 0.470. The lowest BCUT2D eigenvalue weighted by Crippen LogP contribution is -2.54. The lowest BCUT2D eigenvalue weighted by atomic mass is 9.98. The normalized spacial score (nSPS) is 19.6. The lowest BCUT2D eigenvalue weighted by Gasteiger charge is -2.29. The second-order valence-electron chi connectivity index (χ2n) is 37.1. The Morgan fingerprint density at radius 3 is 1.03 bits per heavy atom. The smallest absolute Gasteiger partial charge is 0.410 e. The zero-order chi connectivity index (χ0) is 100. The van der Waals surface area contributed by atoms with E-state index in [2.05, 4.69) is 91.9 Å². The Morgan fingerprint density at radius 2 is 0.717 bits per heavy atom. The molecule has 8 aliphatic heterocycles. The van der Waals surface area contributed by atoms with Gasteiger partial charge in [-0.15, -0.1) is 0 Å². The highest BCUT2D eigenvalue weighted by Crippen LogP contribution is 2.35. The molecule has 6 fully saturated rings. The molecule has 0 aromatic heterocycles. The number of carbonyl (C=O) groups is 13. The molecule has 0 spiro atoms. The van der Waals surface area contributed by atoms with Gasteiger partial charge < -0.3 is 83.5 Å². The number of esters is 3. The van der Waals surface area contributed by atoms with Crippen LogP contribution in [0.3, 0.4) is 0 Å². The Labute approximate surface area is 820 Å². The Hall–Kier alpha value is -12.7. The fourth-order valence-corrected chi connectivity index (χ4v) is 17.5. The van der Waals surface area contributed by atoms with E-state index in [1.54, 1.807) is 81.4 Å². The summed E-state index contributed by atoms with van der Waals surface area (Å²) in [6.45, 7) is 26.4. The van der Waals surface area contributed by atoms with Crippen LogP contribution in [0, 0.1) is 23.7 Å². The van der Waals surface area contributed by atoms with E-state index >= 15 is 0 Å². The zero-order valence-electron chi connectivity index (χ0n) is 80.3.